The molecule has 1 aliphatic heterocycles. The van der Waals surface area contributed by atoms with E-state index in [-0.39, 0.29) is 23.9 Å². The minimum absolute atomic E-state index is 0.125. The van der Waals surface area contributed by atoms with Crippen LogP contribution in [0.2, 0.25) is 0 Å². The smallest absolute Gasteiger partial charge is 0.253 e. The van der Waals surface area contributed by atoms with Crippen LogP contribution in [-0.4, -0.2) is 73.7 Å². The maximum Gasteiger partial charge on any atom is 0.253 e. The number of methoxy groups -OCH3 is 2. The molecule has 9 nitrogen and oxygen atoms in total. The van der Waals surface area contributed by atoms with Crippen molar-refractivity contribution in [3.05, 3.63) is 66.5 Å². The Morgan fingerprint density at radius 2 is 1.62 bits per heavy atom. The number of hydrogen-bond donors (Lipinski definition) is 0. The largest absolute Gasteiger partial charge is 0.493 e. The Balaban J connectivity index is 1.43. The van der Waals surface area contributed by atoms with Gasteiger partial charge in [0.2, 0.25) is 10.0 Å². The van der Waals surface area contributed by atoms with E-state index in [4.69, 9.17) is 9.47 Å². The van der Waals surface area contributed by atoms with Crippen molar-refractivity contribution in [3.8, 4) is 17.2 Å². The molecule has 3 aromatic rings. The van der Waals surface area contributed by atoms with Gasteiger partial charge in [-0.1, -0.05) is 0 Å². The Hall–Kier alpha value is -3.37. The molecule has 0 unspecified atom stereocenters. The lowest BCUT2D eigenvalue weighted by Crippen LogP contribution is -2.50. The van der Waals surface area contributed by atoms with Gasteiger partial charge in [-0.3, -0.25) is 4.79 Å². The second kappa shape index (κ2) is 9.01. The minimum atomic E-state index is -3.71. The van der Waals surface area contributed by atoms with E-state index in [0.29, 0.717) is 30.2 Å². The number of piperazine rings is 1. The fraction of sp³-hybridized carbons (Fsp3) is 0.273. The van der Waals surface area contributed by atoms with Crippen LogP contribution in [0.4, 0.5) is 0 Å². The van der Waals surface area contributed by atoms with Crippen LogP contribution >= 0.6 is 0 Å². The number of nitrogens with zero attached hydrogens (tertiary/aromatic N) is 4. The fourth-order valence-corrected chi connectivity index (χ4v) is 5.06. The third-order valence-electron chi connectivity index (χ3n) is 5.40. The van der Waals surface area contributed by atoms with Gasteiger partial charge in [0.15, 0.2) is 11.5 Å². The SMILES string of the molecule is COc1ccc(S(=O)(=O)N2CCN(C(=O)c3ccc(-n4cccn4)cc3)CC2)cc1OC. The van der Waals surface area contributed by atoms with E-state index in [2.05, 4.69) is 5.10 Å². The second-order valence-electron chi connectivity index (χ2n) is 7.21. The van der Waals surface area contributed by atoms with Crippen molar-refractivity contribution < 1.29 is 22.7 Å². The van der Waals surface area contributed by atoms with Crippen molar-refractivity contribution in [2.45, 2.75) is 4.90 Å². The first-order chi connectivity index (χ1) is 15.4. The quantitative estimate of drug-likeness (QED) is 0.564. The Morgan fingerprint density at radius 3 is 2.22 bits per heavy atom. The number of amides is 1. The number of hydrogen-bond acceptors (Lipinski definition) is 6. The Bertz CT molecular complexity index is 1190. The summed E-state index contributed by atoms with van der Waals surface area (Å²) in [5.41, 5.74) is 1.41. The van der Waals surface area contributed by atoms with Gasteiger partial charge in [-0.15, -0.1) is 0 Å². The van der Waals surface area contributed by atoms with E-state index in [1.165, 1.54) is 30.7 Å². The molecule has 1 fully saturated rings. The van der Waals surface area contributed by atoms with Crippen LogP contribution in [-0.2, 0) is 10.0 Å². The lowest BCUT2D eigenvalue weighted by Gasteiger charge is -2.34. The van der Waals surface area contributed by atoms with Crippen LogP contribution in [0.3, 0.4) is 0 Å². The molecule has 2 aromatic carbocycles. The minimum Gasteiger partial charge on any atom is -0.493 e. The number of ether oxygens (including phenoxy) is 2. The summed E-state index contributed by atoms with van der Waals surface area (Å²) in [7, 11) is -0.762. The standard InChI is InChI=1S/C22H24N4O5S/c1-30-20-9-8-19(16-21(20)31-2)32(28,29)25-14-12-24(13-15-25)22(27)17-4-6-18(7-5-17)26-11-3-10-23-26/h3-11,16H,12-15H2,1-2H3. The third kappa shape index (κ3) is 4.19. The van der Waals surface area contributed by atoms with Crippen LogP contribution in [0.15, 0.2) is 65.8 Å². The lowest BCUT2D eigenvalue weighted by atomic mass is 10.1. The van der Waals surface area contributed by atoms with Crippen LogP contribution in [0, 0.1) is 0 Å². The Kier molecular flexibility index (Phi) is 6.15. The first-order valence-corrected chi connectivity index (χ1v) is 11.5. The molecule has 0 saturated carbocycles. The van der Waals surface area contributed by atoms with E-state index < -0.39 is 10.0 Å². The van der Waals surface area contributed by atoms with Gasteiger partial charge in [-0.05, 0) is 42.5 Å². The first-order valence-electron chi connectivity index (χ1n) is 10.1. The average molecular weight is 457 g/mol. The molecule has 0 aliphatic carbocycles. The molecular formula is C22H24N4O5S. The summed E-state index contributed by atoms with van der Waals surface area (Å²) in [4.78, 5) is 14.7. The zero-order chi connectivity index (χ0) is 22.7. The molecule has 10 heteroatoms. The van der Waals surface area contributed by atoms with E-state index >= 15 is 0 Å². The monoisotopic (exact) mass is 456 g/mol. The summed E-state index contributed by atoms with van der Waals surface area (Å²) in [5, 5.41) is 4.17. The van der Waals surface area contributed by atoms with Crippen LogP contribution in [0.1, 0.15) is 10.4 Å². The molecule has 0 N–H and O–H groups in total. The summed E-state index contributed by atoms with van der Waals surface area (Å²) in [5.74, 6) is 0.682. The van der Waals surface area contributed by atoms with Crippen LogP contribution < -0.4 is 9.47 Å². The molecule has 0 atom stereocenters. The highest BCUT2D eigenvalue weighted by molar-refractivity contribution is 7.89. The molecule has 1 aliphatic rings. The molecule has 0 radical (unpaired) electrons. The van der Waals surface area contributed by atoms with Gasteiger partial charge in [0, 0.05) is 50.2 Å². The van der Waals surface area contributed by atoms with Gasteiger partial charge < -0.3 is 14.4 Å². The molecule has 1 aromatic heterocycles. The normalized spacial score (nSPS) is 14.9. The van der Waals surface area contributed by atoms with Gasteiger partial charge in [-0.2, -0.15) is 9.40 Å². The molecule has 1 saturated heterocycles. The van der Waals surface area contributed by atoms with Gasteiger partial charge >= 0.3 is 0 Å². The molecule has 0 spiro atoms. The summed E-state index contributed by atoms with van der Waals surface area (Å²) < 4.78 is 39.6. The van der Waals surface area contributed by atoms with Crippen molar-refractivity contribution in [2.75, 3.05) is 40.4 Å². The number of sulfonamides is 1. The first kappa shape index (κ1) is 21.8. The van der Waals surface area contributed by atoms with Crippen molar-refractivity contribution in [3.63, 3.8) is 0 Å². The fourth-order valence-electron chi connectivity index (χ4n) is 3.62. The van der Waals surface area contributed by atoms with Crippen molar-refractivity contribution >= 4 is 15.9 Å². The highest BCUT2D eigenvalue weighted by atomic mass is 32.2. The highest BCUT2D eigenvalue weighted by Gasteiger charge is 2.31. The number of aromatic nitrogens is 2. The molecule has 32 heavy (non-hydrogen) atoms. The van der Waals surface area contributed by atoms with E-state index in [9.17, 15) is 13.2 Å². The van der Waals surface area contributed by atoms with Crippen molar-refractivity contribution in [1.29, 1.82) is 0 Å². The van der Waals surface area contributed by atoms with Crippen molar-refractivity contribution in [2.24, 2.45) is 0 Å². The molecule has 0 bridgehead atoms. The van der Waals surface area contributed by atoms with Gasteiger partial charge in [0.25, 0.3) is 5.91 Å². The van der Waals surface area contributed by atoms with Gasteiger partial charge in [-0.25, -0.2) is 13.1 Å². The van der Waals surface area contributed by atoms with Gasteiger partial charge in [0.1, 0.15) is 0 Å². The number of carbonyl (C=O) groups excluding carboxylic acids is 1. The van der Waals surface area contributed by atoms with Crippen molar-refractivity contribution in [1.82, 2.24) is 19.0 Å². The maximum atomic E-state index is 13.1. The third-order valence-corrected chi connectivity index (χ3v) is 7.30. The molecule has 4 rings (SSSR count). The van der Waals surface area contributed by atoms with Crippen LogP contribution in [0.5, 0.6) is 11.5 Å². The maximum absolute atomic E-state index is 13.1. The number of carbonyl (C=O) groups is 1. The van der Waals surface area contributed by atoms with E-state index in [0.717, 1.165) is 5.69 Å². The second-order valence-corrected chi connectivity index (χ2v) is 9.15. The predicted molar refractivity (Wildman–Crippen MR) is 118 cm³/mol. The highest BCUT2D eigenvalue weighted by Crippen LogP contribution is 2.31. The summed E-state index contributed by atoms with van der Waals surface area (Å²) in [6.45, 7) is 1.06. The summed E-state index contributed by atoms with van der Waals surface area (Å²) in [6.07, 6.45) is 3.52. The summed E-state index contributed by atoms with van der Waals surface area (Å²) >= 11 is 0. The molecular weight excluding hydrogens is 432 g/mol. The Morgan fingerprint density at radius 1 is 0.938 bits per heavy atom. The lowest BCUT2D eigenvalue weighted by molar-refractivity contribution is 0.0698. The Labute approximate surface area is 186 Å². The zero-order valence-electron chi connectivity index (χ0n) is 17.8. The zero-order valence-corrected chi connectivity index (χ0v) is 18.7. The van der Waals surface area contributed by atoms with Gasteiger partial charge in [0.05, 0.1) is 24.8 Å². The molecule has 1 amide bonds. The predicted octanol–water partition coefficient (Wildman–Crippen LogP) is 2.04. The topological polar surface area (TPSA) is 94.0 Å². The van der Waals surface area contributed by atoms with E-state index in [1.807, 2.05) is 24.4 Å². The van der Waals surface area contributed by atoms with E-state index in [1.54, 1.807) is 34.0 Å². The molecule has 2 heterocycles. The summed E-state index contributed by atoms with van der Waals surface area (Å²) in [6, 6.07) is 13.5. The number of rotatable bonds is 6. The average Bonchev–Trinajstić information content (AvgIpc) is 3.38. The molecule has 168 valence electrons. The van der Waals surface area contributed by atoms with Crippen LogP contribution in [0.25, 0.3) is 5.69 Å². The number of benzene rings is 2.